The van der Waals surface area contributed by atoms with Crippen LogP contribution in [-0.4, -0.2) is 46.1 Å². The summed E-state index contributed by atoms with van der Waals surface area (Å²) in [6, 6.07) is 25.5. The lowest BCUT2D eigenvalue weighted by Gasteiger charge is -2.24. The van der Waals surface area contributed by atoms with E-state index in [0.717, 1.165) is 22.4 Å². The van der Waals surface area contributed by atoms with Crippen LogP contribution in [0.15, 0.2) is 84.2 Å². The number of anilines is 1. The molecule has 0 fully saturated rings. The number of thiazole rings is 1. The van der Waals surface area contributed by atoms with E-state index in [4.69, 9.17) is 5.73 Å². The maximum atomic E-state index is 12.6. The van der Waals surface area contributed by atoms with Crippen molar-refractivity contribution in [2.75, 3.05) is 18.4 Å². The highest BCUT2D eigenvalue weighted by Gasteiger charge is 2.30. The Balaban J connectivity index is 1.12. The molecule has 8 heteroatoms. The van der Waals surface area contributed by atoms with Crippen molar-refractivity contribution in [2.45, 2.75) is 31.2 Å². The van der Waals surface area contributed by atoms with Gasteiger partial charge in [0.2, 0.25) is 5.91 Å². The number of nitrogens with one attached hydrogen (secondary N) is 1. The van der Waals surface area contributed by atoms with Crippen LogP contribution in [0.4, 0.5) is 9.93 Å². The molecule has 5 rings (SSSR count). The Morgan fingerprint density at radius 3 is 2.24 bits per heavy atom. The summed E-state index contributed by atoms with van der Waals surface area (Å²) in [5.74, 6) is -0.279. The monoisotopic (exact) mass is 526 g/mol. The summed E-state index contributed by atoms with van der Waals surface area (Å²) in [5, 5.41) is 15.1. The second-order valence-electron chi connectivity index (χ2n) is 9.45. The molecular formula is C30H30N4O3S. The Bertz CT molecular complexity index is 1380. The first kappa shape index (κ1) is 25.6. The van der Waals surface area contributed by atoms with E-state index in [2.05, 4.69) is 34.6 Å². The van der Waals surface area contributed by atoms with Crippen molar-refractivity contribution in [3.05, 3.63) is 95.4 Å². The minimum atomic E-state index is -0.938. The van der Waals surface area contributed by atoms with E-state index in [1.54, 1.807) is 0 Å². The van der Waals surface area contributed by atoms with Crippen molar-refractivity contribution in [3.63, 3.8) is 0 Å². The number of rotatable bonds is 10. The van der Waals surface area contributed by atoms with Crippen LogP contribution in [0, 0.1) is 0 Å². The molecule has 0 unspecified atom stereocenters. The Morgan fingerprint density at radius 2 is 1.58 bits per heavy atom. The number of nitrogens with zero attached hydrogens (tertiary/aromatic N) is 2. The third-order valence-electron chi connectivity index (χ3n) is 6.97. The van der Waals surface area contributed by atoms with Crippen molar-refractivity contribution in [2.24, 2.45) is 5.73 Å². The molecule has 4 N–H and O–H groups in total. The molecule has 194 valence electrons. The summed E-state index contributed by atoms with van der Waals surface area (Å²) in [6.07, 6.45) is 0.791. The lowest BCUT2D eigenvalue weighted by molar-refractivity contribution is -0.117. The van der Waals surface area contributed by atoms with Crippen LogP contribution in [0.3, 0.4) is 0 Å². The topological polar surface area (TPSA) is 109 Å². The number of carboxylic acid groups (broad SMARTS) is 1. The Labute approximate surface area is 226 Å². The van der Waals surface area contributed by atoms with E-state index in [-0.39, 0.29) is 11.8 Å². The maximum absolute atomic E-state index is 12.6. The molecule has 1 aliphatic carbocycles. The minimum Gasteiger partial charge on any atom is -0.465 e. The number of carbonyl (C=O) groups excluding carboxylic acids is 1. The molecule has 7 nitrogen and oxygen atoms in total. The third-order valence-corrected chi connectivity index (χ3v) is 7.73. The summed E-state index contributed by atoms with van der Waals surface area (Å²) >= 11 is 1.36. The second-order valence-corrected chi connectivity index (χ2v) is 10.3. The largest absolute Gasteiger partial charge is 0.465 e. The van der Waals surface area contributed by atoms with E-state index in [9.17, 15) is 14.7 Å². The van der Waals surface area contributed by atoms with Gasteiger partial charge in [-0.25, -0.2) is 9.78 Å². The van der Waals surface area contributed by atoms with Gasteiger partial charge in [0.1, 0.15) is 0 Å². The Hall–Kier alpha value is -4.01. The van der Waals surface area contributed by atoms with E-state index >= 15 is 0 Å². The summed E-state index contributed by atoms with van der Waals surface area (Å²) in [5.41, 5.74) is 12.6. The van der Waals surface area contributed by atoms with Crippen molar-refractivity contribution in [1.29, 1.82) is 0 Å². The van der Waals surface area contributed by atoms with Gasteiger partial charge in [-0.2, -0.15) is 0 Å². The number of hydrogen-bond donors (Lipinski definition) is 3. The summed E-state index contributed by atoms with van der Waals surface area (Å²) in [6.45, 7) is 0.779. The fourth-order valence-corrected chi connectivity index (χ4v) is 5.73. The van der Waals surface area contributed by atoms with Crippen LogP contribution < -0.4 is 11.1 Å². The van der Waals surface area contributed by atoms with Gasteiger partial charge in [-0.15, -0.1) is 11.3 Å². The quantitative estimate of drug-likeness (QED) is 0.218. The number of carbonyl (C=O) groups is 2. The van der Waals surface area contributed by atoms with Gasteiger partial charge in [0.25, 0.3) is 0 Å². The fourth-order valence-electron chi connectivity index (χ4n) is 5.01. The summed E-state index contributed by atoms with van der Waals surface area (Å²) in [4.78, 5) is 30.6. The molecule has 1 atom stereocenters. The Kier molecular flexibility index (Phi) is 7.81. The number of unbranched alkanes of at least 4 members (excludes halogenated alkanes) is 1. The van der Waals surface area contributed by atoms with Crippen LogP contribution in [0.5, 0.6) is 0 Å². The average molecular weight is 527 g/mol. The maximum Gasteiger partial charge on any atom is 0.407 e. The van der Waals surface area contributed by atoms with Gasteiger partial charge in [0, 0.05) is 30.0 Å². The number of nitrogens with two attached hydrogens (primary N) is 1. The molecule has 3 aromatic carbocycles. The van der Waals surface area contributed by atoms with Gasteiger partial charge in [-0.1, -0.05) is 78.9 Å². The third kappa shape index (κ3) is 5.61. The molecular weight excluding hydrogens is 496 g/mol. The van der Waals surface area contributed by atoms with Crippen molar-refractivity contribution in [3.8, 4) is 22.4 Å². The molecule has 1 heterocycles. The van der Waals surface area contributed by atoms with Crippen LogP contribution in [0.25, 0.3) is 22.4 Å². The summed E-state index contributed by atoms with van der Waals surface area (Å²) < 4.78 is 0. The zero-order chi connectivity index (χ0) is 26.5. The van der Waals surface area contributed by atoms with Gasteiger partial charge in [-0.3, -0.25) is 4.79 Å². The molecule has 0 aliphatic heterocycles. The van der Waals surface area contributed by atoms with Crippen molar-refractivity contribution < 1.29 is 14.7 Å². The molecule has 2 amide bonds. The van der Waals surface area contributed by atoms with E-state index in [0.29, 0.717) is 37.5 Å². The van der Waals surface area contributed by atoms with E-state index < -0.39 is 12.1 Å². The van der Waals surface area contributed by atoms with E-state index in [1.807, 2.05) is 60.0 Å². The SMILES string of the molecule is N[C@@H](CCCCN(CC1c2ccccc2-c2ccccc21)C(=O)O)C(=O)Nc1nc(-c2ccccc2)cs1. The standard InChI is InChI=1S/C30H30N4O3S/c31-26(28(35)33-29-32-27(19-38-29)20-10-2-1-3-11-20)16-8-9-17-34(30(36)37)18-25-23-14-6-4-12-21(23)22-13-5-7-15-24(22)25/h1-7,10-15,19,25-26H,8-9,16-18,31H2,(H,36,37)(H,32,33,35)/t26-/m0/s1. The molecule has 0 saturated heterocycles. The van der Waals surface area contributed by atoms with Crippen LogP contribution in [-0.2, 0) is 4.79 Å². The van der Waals surface area contributed by atoms with Crippen LogP contribution in [0.1, 0.15) is 36.3 Å². The smallest absolute Gasteiger partial charge is 0.407 e. The van der Waals surface area contributed by atoms with E-state index in [1.165, 1.54) is 27.4 Å². The second kappa shape index (κ2) is 11.6. The van der Waals surface area contributed by atoms with Gasteiger partial charge in [0.05, 0.1) is 11.7 Å². The highest BCUT2D eigenvalue weighted by molar-refractivity contribution is 7.14. The first-order chi connectivity index (χ1) is 18.5. The van der Waals surface area contributed by atoms with Gasteiger partial charge in [-0.05, 0) is 41.5 Å². The molecule has 0 spiro atoms. The zero-order valence-electron chi connectivity index (χ0n) is 20.9. The fraction of sp³-hybridized carbons (Fsp3) is 0.233. The highest BCUT2D eigenvalue weighted by Crippen LogP contribution is 2.44. The molecule has 1 aromatic heterocycles. The first-order valence-corrected chi connectivity index (χ1v) is 13.6. The van der Waals surface area contributed by atoms with Gasteiger partial charge >= 0.3 is 6.09 Å². The Morgan fingerprint density at radius 1 is 0.947 bits per heavy atom. The highest BCUT2D eigenvalue weighted by atomic mass is 32.1. The van der Waals surface area contributed by atoms with Gasteiger partial charge < -0.3 is 21.1 Å². The number of aromatic nitrogens is 1. The number of amides is 2. The lowest BCUT2D eigenvalue weighted by atomic mass is 9.96. The molecule has 0 saturated carbocycles. The predicted molar refractivity (Wildman–Crippen MR) is 151 cm³/mol. The number of fused-ring (bicyclic) bond motifs is 3. The normalized spacial score (nSPS) is 13.0. The average Bonchev–Trinajstić information content (AvgIpc) is 3.53. The zero-order valence-corrected chi connectivity index (χ0v) is 21.7. The summed E-state index contributed by atoms with van der Waals surface area (Å²) in [7, 11) is 0. The molecule has 4 aromatic rings. The first-order valence-electron chi connectivity index (χ1n) is 12.7. The molecule has 1 aliphatic rings. The van der Waals surface area contributed by atoms with Crippen LogP contribution in [0.2, 0.25) is 0 Å². The number of hydrogen-bond acceptors (Lipinski definition) is 5. The molecule has 0 radical (unpaired) electrons. The van der Waals surface area contributed by atoms with Crippen molar-refractivity contribution >= 4 is 28.5 Å². The lowest BCUT2D eigenvalue weighted by Crippen LogP contribution is -2.36. The van der Waals surface area contributed by atoms with Gasteiger partial charge in [0.15, 0.2) is 5.13 Å². The van der Waals surface area contributed by atoms with Crippen LogP contribution >= 0.6 is 11.3 Å². The predicted octanol–water partition coefficient (Wildman–Crippen LogP) is 6.04. The number of benzene rings is 3. The molecule has 38 heavy (non-hydrogen) atoms. The molecule has 0 bridgehead atoms. The minimum absolute atomic E-state index is 0.00519. The van der Waals surface area contributed by atoms with Crippen molar-refractivity contribution in [1.82, 2.24) is 9.88 Å².